The largest absolute Gasteiger partial charge is 0.349 e. The molecule has 1 aromatic carbocycles. The van der Waals surface area contributed by atoms with Gasteiger partial charge in [-0.15, -0.1) is 0 Å². The van der Waals surface area contributed by atoms with Crippen LogP contribution in [-0.2, 0) is 4.79 Å². The number of benzene rings is 1. The van der Waals surface area contributed by atoms with Gasteiger partial charge in [0.05, 0.1) is 6.04 Å². The highest BCUT2D eigenvalue weighted by molar-refractivity contribution is 14.1. The highest BCUT2D eigenvalue weighted by Gasteiger charge is 2.23. The van der Waals surface area contributed by atoms with Gasteiger partial charge >= 0.3 is 0 Å². The molecule has 0 heterocycles. The van der Waals surface area contributed by atoms with Crippen LogP contribution in [0.25, 0.3) is 0 Å². The summed E-state index contributed by atoms with van der Waals surface area (Å²) in [5, 5.41) is 3.12. The highest BCUT2D eigenvalue weighted by atomic mass is 127. The summed E-state index contributed by atoms with van der Waals surface area (Å²) in [6.07, 6.45) is 4.53. The molecule has 2 rings (SSSR count). The third kappa shape index (κ3) is 3.44. The molecule has 92 valence electrons. The first-order valence-electron chi connectivity index (χ1n) is 6.22. The van der Waals surface area contributed by atoms with Gasteiger partial charge in [-0.3, -0.25) is 4.79 Å². The molecular weight excluding hydrogens is 325 g/mol. The normalized spacial score (nSPS) is 18.0. The lowest BCUT2D eigenvalue weighted by Gasteiger charge is -2.17. The molecule has 0 aromatic heterocycles. The molecule has 1 fully saturated rings. The predicted molar refractivity (Wildman–Crippen MR) is 77.7 cm³/mol. The van der Waals surface area contributed by atoms with Crippen molar-refractivity contribution in [2.45, 2.75) is 38.6 Å². The van der Waals surface area contributed by atoms with Gasteiger partial charge in [0.2, 0.25) is 5.91 Å². The Hall–Kier alpha value is -0.580. The zero-order valence-electron chi connectivity index (χ0n) is 10.1. The van der Waals surface area contributed by atoms with Crippen LogP contribution in [-0.4, -0.2) is 5.91 Å². The monoisotopic (exact) mass is 343 g/mol. The summed E-state index contributed by atoms with van der Waals surface area (Å²) in [4.78, 5) is 12.0. The molecular formula is C14H18INO. The Kier molecular flexibility index (Phi) is 4.42. The van der Waals surface area contributed by atoms with Crippen molar-refractivity contribution < 1.29 is 4.79 Å². The SMILES string of the molecule is C[C@H](NC(=O)C1CCCC1)c1ccc(I)cc1. The molecule has 0 aliphatic heterocycles. The van der Waals surface area contributed by atoms with E-state index in [2.05, 4.69) is 59.1 Å². The summed E-state index contributed by atoms with van der Waals surface area (Å²) in [5.41, 5.74) is 1.18. The lowest BCUT2D eigenvalue weighted by molar-refractivity contribution is -0.125. The predicted octanol–water partition coefficient (Wildman–Crippen LogP) is 3.66. The molecule has 17 heavy (non-hydrogen) atoms. The van der Waals surface area contributed by atoms with Gasteiger partial charge in [-0.05, 0) is 60.1 Å². The maximum atomic E-state index is 12.0. The van der Waals surface area contributed by atoms with E-state index in [0.717, 1.165) is 12.8 Å². The first kappa shape index (κ1) is 12.9. The molecule has 0 unspecified atom stereocenters. The number of carbonyl (C=O) groups is 1. The van der Waals surface area contributed by atoms with E-state index in [0.29, 0.717) is 0 Å². The minimum atomic E-state index is 0.111. The van der Waals surface area contributed by atoms with E-state index < -0.39 is 0 Å². The van der Waals surface area contributed by atoms with Gasteiger partial charge in [0.15, 0.2) is 0 Å². The number of carbonyl (C=O) groups excluding carboxylic acids is 1. The Morgan fingerprint density at radius 3 is 2.47 bits per heavy atom. The van der Waals surface area contributed by atoms with Crippen molar-refractivity contribution in [1.82, 2.24) is 5.32 Å². The van der Waals surface area contributed by atoms with Crippen LogP contribution >= 0.6 is 22.6 Å². The van der Waals surface area contributed by atoms with Crippen molar-refractivity contribution in [2.24, 2.45) is 5.92 Å². The second kappa shape index (κ2) is 5.85. The van der Waals surface area contributed by atoms with E-state index in [1.54, 1.807) is 0 Å². The molecule has 3 heteroatoms. The number of rotatable bonds is 3. The summed E-state index contributed by atoms with van der Waals surface area (Å²) >= 11 is 2.29. The molecule has 2 nitrogen and oxygen atoms in total. The van der Waals surface area contributed by atoms with E-state index in [-0.39, 0.29) is 17.9 Å². The molecule has 1 aromatic rings. The molecule has 0 radical (unpaired) electrons. The van der Waals surface area contributed by atoms with Gasteiger partial charge in [0, 0.05) is 9.49 Å². The standard InChI is InChI=1S/C14H18INO/c1-10(11-6-8-13(15)9-7-11)16-14(17)12-4-2-3-5-12/h6-10,12H,2-5H2,1H3,(H,16,17)/t10-/m0/s1. The fraction of sp³-hybridized carbons (Fsp3) is 0.500. The van der Waals surface area contributed by atoms with Crippen LogP contribution in [0.1, 0.15) is 44.2 Å². The Labute approximate surface area is 116 Å². The van der Waals surface area contributed by atoms with Crippen molar-refractivity contribution >= 4 is 28.5 Å². The lowest BCUT2D eigenvalue weighted by Crippen LogP contribution is -2.31. The molecule has 0 bridgehead atoms. The van der Waals surface area contributed by atoms with E-state index in [1.165, 1.54) is 22.0 Å². The Morgan fingerprint density at radius 2 is 1.88 bits per heavy atom. The molecule has 1 amide bonds. The minimum absolute atomic E-state index is 0.111. The van der Waals surface area contributed by atoms with Crippen LogP contribution in [0.15, 0.2) is 24.3 Å². The summed E-state index contributed by atoms with van der Waals surface area (Å²) in [6, 6.07) is 8.44. The molecule has 1 saturated carbocycles. The van der Waals surface area contributed by atoms with Crippen LogP contribution in [0.2, 0.25) is 0 Å². The van der Waals surface area contributed by atoms with Crippen LogP contribution in [0.4, 0.5) is 0 Å². The van der Waals surface area contributed by atoms with E-state index >= 15 is 0 Å². The van der Waals surface area contributed by atoms with E-state index in [1.807, 2.05) is 0 Å². The molecule has 0 spiro atoms. The quantitative estimate of drug-likeness (QED) is 0.834. The third-order valence-corrected chi connectivity index (χ3v) is 4.17. The van der Waals surface area contributed by atoms with Gasteiger partial charge in [-0.1, -0.05) is 25.0 Å². The number of halogens is 1. The zero-order chi connectivity index (χ0) is 12.3. The molecule has 0 saturated heterocycles. The van der Waals surface area contributed by atoms with Crippen molar-refractivity contribution in [3.63, 3.8) is 0 Å². The van der Waals surface area contributed by atoms with Gasteiger partial charge in [-0.2, -0.15) is 0 Å². The second-order valence-corrected chi connectivity index (χ2v) is 6.01. The van der Waals surface area contributed by atoms with E-state index in [9.17, 15) is 4.79 Å². The number of hydrogen-bond acceptors (Lipinski definition) is 1. The second-order valence-electron chi connectivity index (χ2n) is 4.76. The fourth-order valence-electron chi connectivity index (χ4n) is 2.35. The summed E-state index contributed by atoms with van der Waals surface area (Å²) in [6.45, 7) is 2.05. The smallest absolute Gasteiger partial charge is 0.223 e. The summed E-state index contributed by atoms with van der Waals surface area (Å²) in [7, 11) is 0. The van der Waals surface area contributed by atoms with Crippen molar-refractivity contribution in [1.29, 1.82) is 0 Å². The van der Waals surface area contributed by atoms with Crippen LogP contribution in [0.3, 0.4) is 0 Å². The van der Waals surface area contributed by atoms with Crippen molar-refractivity contribution in [2.75, 3.05) is 0 Å². The van der Waals surface area contributed by atoms with Gasteiger partial charge in [-0.25, -0.2) is 0 Å². The van der Waals surface area contributed by atoms with E-state index in [4.69, 9.17) is 0 Å². The Morgan fingerprint density at radius 1 is 1.29 bits per heavy atom. The van der Waals surface area contributed by atoms with Gasteiger partial charge in [0.1, 0.15) is 0 Å². The first-order chi connectivity index (χ1) is 8.16. The third-order valence-electron chi connectivity index (χ3n) is 3.45. The fourth-order valence-corrected chi connectivity index (χ4v) is 2.71. The van der Waals surface area contributed by atoms with Crippen LogP contribution in [0, 0.1) is 9.49 Å². The Balaban J connectivity index is 1.93. The van der Waals surface area contributed by atoms with Crippen molar-refractivity contribution in [3.8, 4) is 0 Å². The number of nitrogens with one attached hydrogen (secondary N) is 1. The summed E-state index contributed by atoms with van der Waals surface area (Å²) < 4.78 is 1.22. The lowest BCUT2D eigenvalue weighted by atomic mass is 10.0. The molecule has 1 aliphatic rings. The van der Waals surface area contributed by atoms with Crippen LogP contribution in [0.5, 0.6) is 0 Å². The Bertz CT molecular complexity index is 382. The summed E-state index contributed by atoms with van der Waals surface area (Å²) in [5.74, 6) is 0.481. The maximum absolute atomic E-state index is 12.0. The van der Waals surface area contributed by atoms with Crippen LogP contribution < -0.4 is 5.32 Å². The average Bonchev–Trinajstić information content (AvgIpc) is 2.83. The number of amides is 1. The average molecular weight is 343 g/mol. The molecule has 1 N–H and O–H groups in total. The topological polar surface area (TPSA) is 29.1 Å². The van der Waals surface area contributed by atoms with Gasteiger partial charge in [0.25, 0.3) is 0 Å². The highest BCUT2D eigenvalue weighted by Crippen LogP contribution is 2.25. The van der Waals surface area contributed by atoms with Crippen molar-refractivity contribution in [3.05, 3.63) is 33.4 Å². The number of hydrogen-bond donors (Lipinski definition) is 1. The van der Waals surface area contributed by atoms with Gasteiger partial charge < -0.3 is 5.32 Å². The molecule has 1 aliphatic carbocycles. The molecule has 1 atom stereocenters. The first-order valence-corrected chi connectivity index (χ1v) is 7.30. The zero-order valence-corrected chi connectivity index (χ0v) is 12.2. The maximum Gasteiger partial charge on any atom is 0.223 e. The minimum Gasteiger partial charge on any atom is -0.349 e.